The van der Waals surface area contributed by atoms with E-state index in [1.165, 1.54) is 5.56 Å². The van der Waals surface area contributed by atoms with Gasteiger partial charge in [-0.1, -0.05) is 17.7 Å². The zero-order valence-electron chi connectivity index (χ0n) is 13.3. The van der Waals surface area contributed by atoms with Crippen molar-refractivity contribution in [3.8, 4) is 0 Å². The Hall–Kier alpha value is -2.25. The highest BCUT2D eigenvalue weighted by Gasteiger charge is 2.09. The highest BCUT2D eigenvalue weighted by molar-refractivity contribution is 5.54. The smallest absolute Gasteiger partial charge is 0.249 e. The van der Waals surface area contributed by atoms with Crippen LogP contribution < -0.4 is 10.6 Å². The van der Waals surface area contributed by atoms with Gasteiger partial charge in [-0.3, -0.25) is 4.90 Å². The van der Waals surface area contributed by atoms with Crippen LogP contribution in [0.1, 0.15) is 5.56 Å². The summed E-state index contributed by atoms with van der Waals surface area (Å²) in [6, 6.07) is 8.08. The Balaban J connectivity index is 1.51. The van der Waals surface area contributed by atoms with Crippen LogP contribution in [0.15, 0.2) is 30.5 Å². The lowest BCUT2D eigenvalue weighted by atomic mass is 10.2. The van der Waals surface area contributed by atoms with Crippen molar-refractivity contribution in [2.24, 2.45) is 0 Å². The molecule has 1 aliphatic heterocycles. The van der Waals surface area contributed by atoms with Gasteiger partial charge in [-0.15, -0.1) is 5.10 Å². The van der Waals surface area contributed by atoms with Crippen LogP contribution in [0.2, 0.25) is 0 Å². The van der Waals surface area contributed by atoms with Gasteiger partial charge in [0.25, 0.3) is 0 Å². The molecule has 0 aliphatic carbocycles. The van der Waals surface area contributed by atoms with E-state index in [4.69, 9.17) is 4.74 Å². The molecule has 0 spiro atoms. The van der Waals surface area contributed by atoms with E-state index in [2.05, 4.69) is 37.6 Å². The Morgan fingerprint density at radius 1 is 1.17 bits per heavy atom. The molecule has 1 saturated heterocycles. The summed E-state index contributed by atoms with van der Waals surface area (Å²) in [5.41, 5.74) is 2.16. The van der Waals surface area contributed by atoms with Crippen molar-refractivity contribution >= 4 is 17.5 Å². The van der Waals surface area contributed by atoms with Crippen molar-refractivity contribution in [3.63, 3.8) is 0 Å². The van der Waals surface area contributed by atoms with E-state index in [9.17, 15) is 0 Å². The molecule has 0 atom stereocenters. The topological polar surface area (TPSA) is 75.2 Å². The van der Waals surface area contributed by atoms with Crippen LogP contribution in [-0.4, -0.2) is 59.5 Å². The molecule has 0 unspecified atom stereocenters. The lowest BCUT2D eigenvalue weighted by Gasteiger charge is -2.26. The second-order valence-corrected chi connectivity index (χ2v) is 5.54. The van der Waals surface area contributed by atoms with Crippen molar-refractivity contribution < 1.29 is 4.74 Å². The Bertz CT molecular complexity index is 612. The minimum atomic E-state index is 0.491. The fraction of sp³-hybridized carbons (Fsp3) is 0.438. The molecule has 2 N–H and O–H groups in total. The molecule has 23 heavy (non-hydrogen) atoms. The normalized spacial score (nSPS) is 15.3. The lowest BCUT2D eigenvalue weighted by Crippen LogP contribution is -2.39. The van der Waals surface area contributed by atoms with Crippen molar-refractivity contribution in [2.45, 2.75) is 6.92 Å². The van der Waals surface area contributed by atoms with Crippen molar-refractivity contribution in [3.05, 3.63) is 36.0 Å². The molecule has 0 saturated carbocycles. The predicted molar refractivity (Wildman–Crippen MR) is 90.0 cm³/mol. The molecule has 122 valence electrons. The first-order valence-corrected chi connectivity index (χ1v) is 7.87. The molecule has 0 bridgehead atoms. The molecule has 1 aromatic heterocycles. The fourth-order valence-corrected chi connectivity index (χ4v) is 2.37. The number of rotatable bonds is 6. The van der Waals surface area contributed by atoms with Crippen LogP contribution >= 0.6 is 0 Å². The second-order valence-electron chi connectivity index (χ2n) is 5.54. The van der Waals surface area contributed by atoms with Crippen molar-refractivity contribution in [1.82, 2.24) is 20.1 Å². The molecule has 0 amide bonds. The van der Waals surface area contributed by atoms with E-state index < -0.39 is 0 Å². The summed E-state index contributed by atoms with van der Waals surface area (Å²) in [5, 5.41) is 14.5. The van der Waals surface area contributed by atoms with Gasteiger partial charge in [-0.05, 0) is 19.1 Å². The summed E-state index contributed by atoms with van der Waals surface area (Å²) >= 11 is 0. The first-order chi connectivity index (χ1) is 11.3. The van der Waals surface area contributed by atoms with Gasteiger partial charge in [-0.25, -0.2) is 0 Å². The SMILES string of the molecule is Cc1ccc(Nc2nncc(NCCN3CCOCC3)n2)cc1. The predicted octanol–water partition coefficient (Wildman–Crippen LogP) is 1.67. The minimum absolute atomic E-state index is 0.491. The van der Waals surface area contributed by atoms with Gasteiger partial charge in [0.1, 0.15) is 0 Å². The van der Waals surface area contributed by atoms with E-state index in [1.807, 2.05) is 24.3 Å². The van der Waals surface area contributed by atoms with E-state index >= 15 is 0 Å². The lowest BCUT2D eigenvalue weighted by molar-refractivity contribution is 0.0398. The highest BCUT2D eigenvalue weighted by atomic mass is 16.5. The van der Waals surface area contributed by atoms with E-state index in [0.717, 1.165) is 50.9 Å². The van der Waals surface area contributed by atoms with Crippen LogP contribution in [0.5, 0.6) is 0 Å². The van der Waals surface area contributed by atoms with Gasteiger partial charge in [0, 0.05) is 31.9 Å². The standard InChI is InChI=1S/C16H22N6O/c1-13-2-4-14(5-3-13)19-16-20-15(12-18-21-16)17-6-7-22-8-10-23-11-9-22/h2-5,12H,6-11H2,1H3,(H2,17,19,20,21). The van der Waals surface area contributed by atoms with Gasteiger partial charge in [0.15, 0.2) is 5.82 Å². The van der Waals surface area contributed by atoms with Gasteiger partial charge < -0.3 is 15.4 Å². The molecule has 1 fully saturated rings. The van der Waals surface area contributed by atoms with Crippen LogP contribution in [0, 0.1) is 6.92 Å². The summed E-state index contributed by atoms with van der Waals surface area (Å²) in [7, 11) is 0. The van der Waals surface area contributed by atoms with Crippen LogP contribution in [0.25, 0.3) is 0 Å². The van der Waals surface area contributed by atoms with Crippen LogP contribution in [0.3, 0.4) is 0 Å². The van der Waals surface area contributed by atoms with E-state index in [0.29, 0.717) is 5.95 Å². The number of anilines is 3. The van der Waals surface area contributed by atoms with E-state index in [-0.39, 0.29) is 0 Å². The monoisotopic (exact) mass is 314 g/mol. The first kappa shape index (κ1) is 15.6. The highest BCUT2D eigenvalue weighted by Crippen LogP contribution is 2.14. The molecule has 7 heteroatoms. The van der Waals surface area contributed by atoms with Gasteiger partial charge >= 0.3 is 0 Å². The fourth-order valence-electron chi connectivity index (χ4n) is 2.37. The Morgan fingerprint density at radius 2 is 1.96 bits per heavy atom. The Labute approximate surface area is 136 Å². The third-order valence-electron chi connectivity index (χ3n) is 3.70. The number of aromatic nitrogens is 3. The largest absolute Gasteiger partial charge is 0.379 e. The summed E-state index contributed by atoms with van der Waals surface area (Å²) in [6.45, 7) is 7.46. The maximum Gasteiger partial charge on any atom is 0.249 e. The van der Waals surface area contributed by atoms with Crippen molar-refractivity contribution in [2.75, 3.05) is 50.0 Å². The summed E-state index contributed by atoms with van der Waals surface area (Å²) in [5.74, 6) is 1.22. The molecule has 7 nitrogen and oxygen atoms in total. The van der Waals surface area contributed by atoms with Crippen LogP contribution in [-0.2, 0) is 4.74 Å². The minimum Gasteiger partial charge on any atom is -0.379 e. The zero-order valence-corrected chi connectivity index (χ0v) is 13.3. The molecule has 2 aromatic rings. The molecule has 1 aromatic carbocycles. The zero-order chi connectivity index (χ0) is 15.9. The first-order valence-electron chi connectivity index (χ1n) is 7.87. The summed E-state index contributed by atoms with van der Waals surface area (Å²) < 4.78 is 5.34. The number of ether oxygens (including phenoxy) is 1. The third kappa shape index (κ3) is 4.87. The van der Waals surface area contributed by atoms with E-state index in [1.54, 1.807) is 6.20 Å². The van der Waals surface area contributed by atoms with Gasteiger partial charge in [-0.2, -0.15) is 10.1 Å². The average molecular weight is 314 g/mol. The molecular formula is C16H22N6O. The maximum absolute atomic E-state index is 5.34. The van der Waals surface area contributed by atoms with Crippen molar-refractivity contribution in [1.29, 1.82) is 0 Å². The number of nitrogens with one attached hydrogen (secondary N) is 2. The average Bonchev–Trinajstić information content (AvgIpc) is 2.58. The summed E-state index contributed by atoms with van der Waals surface area (Å²) in [6.07, 6.45) is 1.64. The quantitative estimate of drug-likeness (QED) is 0.840. The van der Waals surface area contributed by atoms with Gasteiger partial charge in [0.2, 0.25) is 5.95 Å². The number of morpholine rings is 1. The maximum atomic E-state index is 5.34. The number of nitrogens with zero attached hydrogens (tertiary/aromatic N) is 4. The Kier molecular flexibility index (Phi) is 5.33. The second kappa shape index (κ2) is 7.85. The molecule has 0 radical (unpaired) electrons. The van der Waals surface area contributed by atoms with Crippen LogP contribution in [0.4, 0.5) is 17.5 Å². The number of benzene rings is 1. The third-order valence-corrected chi connectivity index (χ3v) is 3.70. The number of aryl methyl sites for hydroxylation is 1. The number of hydrogen-bond acceptors (Lipinski definition) is 7. The molecular weight excluding hydrogens is 292 g/mol. The molecule has 3 rings (SSSR count). The number of hydrogen-bond donors (Lipinski definition) is 2. The van der Waals surface area contributed by atoms with Gasteiger partial charge in [0.05, 0.1) is 19.4 Å². The molecule has 1 aliphatic rings. The molecule has 2 heterocycles. The summed E-state index contributed by atoms with van der Waals surface area (Å²) in [4.78, 5) is 6.81. The Morgan fingerprint density at radius 3 is 2.74 bits per heavy atom.